The summed E-state index contributed by atoms with van der Waals surface area (Å²) in [5, 5.41) is 13.7. The highest BCUT2D eigenvalue weighted by atomic mass is 35.5. The molecule has 2 rings (SSSR count). The first-order valence-electron chi connectivity index (χ1n) is 7.84. The molecular formula is C19H22ClNO3. The molecule has 1 amide bonds. The predicted octanol–water partition coefficient (Wildman–Crippen LogP) is 3.52. The largest absolute Gasteiger partial charge is 0.496 e. The van der Waals surface area contributed by atoms with Crippen molar-refractivity contribution in [1.82, 2.24) is 5.32 Å². The van der Waals surface area contributed by atoms with Crippen molar-refractivity contribution in [2.75, 3.05) is 7.11 Å². The molecule has 0 bridgehead atoms. The molecule has 2 atom stereocenters. The minimum atomic E-state index is -0.609. The first-order valence-corrected chi connectivity index (χ1v) is 8.22. The topological polar surface area (TPSA) is 58.6 Å². The van der Waals surface area contributed by atoms with E-state index in [-0.39, 0.29) is 18.4 Å². The number of methoxy groups -OCH3 is 1. The zero-order chi connectivity index (χ0) is 17.5. The maximum atomic E-state index is 12.2. The summed E-state index contributed by atoms with van der Waals surface area (Å²) >= 11 is 5.98. The van der Waals surface area contributed by atoms with Gasteiger partial charge in [0.2, 0.25) is 5.91 Å². The van der Waals surface area contributed by atoms with Crippen LogP contribution in [0.1, 0.15) is 30.6 Å². The van der Waals surface area contributed by atoms with Gasteiger partial charge in [-0.3, -0.25) is 4.79 Å². The second-order valence-electron chi connectivity index (χ2n) is 5.76. The van der Waals surface area contributed by atoms with Gasteiger partial charge in [0.1, 0.15) is 5.75 Å². The standard InChI is InChI=1S/C19H22ClNO3/c1-13(10-17(22)14-6-4-3-5-7-14)21-19(23)12-15-11-16(20)8-9-18(15)24-2/h3-9,11,13,17,22H,10,12H2,1-2H3,(H,21,23). The molecule has 0 fully saturated rings. The molecule has 0 spiro atoms. The number of ether oxygens (including phenoxy) is 1. The van der Waals surface area contributed by atoms with Crippen LogP contribution in [-0.2, 0) is 11.2 Å². The van der Waals surface area contributed by atoms with Crippen LogP contribution in [0.15, 0.2) is 48.5 Å². The summed E-state index contributed by atoms with van der Waals surface area (Å²) < 4.78 is 5.25. The molecule has 128 valence electrons. The van der Waals surface area contributed by atoms with Gasteiger partial charge in [-0.15, -0.1) is 0 Å². The molecule has 0 aromatic heterocycles. The van der Waals surface area contributed by atoms with E-state index >= 15 is 0 Å². The van der Waals surface area contributed by atoms with E-state index < -0.39 is 6.10 Å². The van der Waals surface area contributed by atoms with Crippen LogP contribution in [0.5, 0.6) is 5.75 Å². The lowest BCUT2D eigenvalue weighted by atomic mass is 10.0. The van der Waals surface area contributed by atoms with E-state index in [2.05, 4.69) is 5.32 Å². The smallest absolute Gasteiger partial charge is 0.224 e. The Hall–Kier alpha value is -2.04. The number of hydrogen-bond donors (Lipinski definition) is 2. The van der Waals surface area contributed by atoms with E-state index in [4.69, 9.17) is 16.3 Å². The maximum absolute atomic E-state index is 12.2. The summed E-state index contributed by atoms with van der Waals surface area (Å²) in [5.74, 6) is 0.495. The van der Waals surface area contributed by atoms with Gasteiger partial charge in [-0.25, -0.2) is 0 Å². The third-order valence-corrected chi connectivity index (χ3v) is 4.00. The molecule has 0 saturated carbocycles. The Balaban J connectivity index is 1.91. The van der Waals surface area contributed by atoms with Gasteiger partial charge >= 0.3 is 0 Å². The van der Waals surface area contributed by atoms with Crippen molar-refractivity contribution in [3.8, 4) is 5.75 Å². The Morgan fingerprint density at radius 3 is 2.62 bits per heavy atom. The summed E-state index contributed by atoms with van der Waals surface area (Å²) in [4.78, 5) is 12.2. The van der Waals surface area contributed by atoms with Crippen molar-refractivity contribution < 1.29 is 14.6 Å². The lowest BCUT2D eigenvalue weighted by Gasteiger charge is -2.18. The molecule has 24 heavy (non-hydrogen) atoms. The molecule has 2 unspecified atom stereocenters. The summed E-state index contributed by atoms with van der Waals surface area (Å²) in [6, 6.07) is 14.4. The van der Waals surface area contributed by atoms with E-state index in [1.807, 2.05) is 37.3 Å². The molecule has 4 nitrogen and oxygen atoms in total. The summed E-state index contributed by atoms with van der Waals surface area (Å²) in [7, 11) is 1.56. The van der Waals surface area contributed by atoms with E-state index in [1.54, 1.807) is 25.3 Å². The molecule has 2 N–H and O–H groups in total. The second kappa shape index (κ2) is 8.71. The van der Waals surface area contributed by atoms with E-state index in [9.17, 15) is 9.90 Å². The number of amides is 1. The molecule has 2 aromatic carbocycles. The quantitative estimate of drug-likeness (QED) is 0.805. The third kappa shape index (κ3) is 5.25. The van der Waals surface area contributed by atoms with Gasteiger partial charge < -0.3 is 15.2 Å². The molecule has 0 saturated heterocycles. The van der Waals surface area contributed by atoms with E-state index in [1.165, 1.54) is 0 Å². The highest BCUT2D eigenvalue weighted by Gasteiger charge is 2.16. The van der Waals surface area contributed by atoms with Gasteiger partial charge in [0.25, 0.3) is 0 Å². The van der Waals surface area contributed by atoms with E-state index in [0.29, 0.717) is 17.2 Å². The summed E-state index contributed by atoms with van der Waals surface area (Å²) in [5.41, 5.74) is 1.58. The number of hydrogen-bond acceptors (Lipinski definition) is 3. The number of carbonyl (C=O) groups excluding carboxylic acids is 1. The van der Waals surface area contributed by atoms with Gasteiger partial charge in [-0.05, 0) is 37.1 Å². The normalized spacial score (nSPS) is 13.2. The fourth-order valence-electron chi connectivity index (χ4n) is 2.59. The van der Waals surface area contributed by atoms with Crippen LogP contribution in [0, 0.1) is 0 Å². The number of carbonyl (C=O) groups is 1. The summed E-state index contributed by atoms with van der Waals surface area (Å²) in [6.45, 7) is 1.87. The maximum Gasteiger partial charge on any atom is 0.224 e. The van der Waals surface area contributed by atoms with Crippen LogP contribution >= 0.6 is 11.6 Å². The fourth-order valence-corrected chi connectivity index (χ4v) is 2.78. The third-order valence-electron chi connectivity index (χ3n) is 3.76. The Bertz CT molecular complexity index is 676. The Morgan fingerprint density at radius 2 is 1.96 bits per heavy atom. The highest BCUT2D eigenvalue weighted by Crippen LogP contribution is 2.23. The van der Waals surface area contributed by atoms with Crippen molar-refractivity contribution in [3.63, 3.8) is 0 Å². The second-order valence-corrected chi connectivity index (χ2v) is 6.20. The first-order chi connectivity index (χ1) is 11.5. The predicted molar refractivity (Wildman–Crippen MR) is 95.3 cm³/mol. The molecule has 0 aliphatic carbocycles. The van der Waals surface area contributed by atoms with Crippen LogP contribution in [0.2, 0.25) is 5.02 Å². The monoisotopic (exact) mass is 347 g/mol. The SMILES string of the molecule is COc1ccc(Cl)cc1CC(=O)NC(C)CC(O)c1ccccc1. The average Bonchev–Trinajstić information content (AvgIpc) is 2.55. The van der Waals surface area contributed by atoms with Crippen molar-refractivity contribution in [1.29, 1.82) is 0 Å². The van der Waals surface area contributed by atoms with Crippen LogP contribution in [0.25, 0.3) is 0 Å². The number of halogens is 1. The van der Waals surface area contributed by atoms with Gasteiger partial charge in [-0.2, -0.15) is 0 Å². The molecule has 0 heterocycles. The molecule has 0 aliphatic heterocycles. The first kappa shape index (κ1) is 18.3. The van der Waals surface area contributed by atoms with Gasteiger partial charge in [0.05, 0.1) is 19.6 Å². The Morgan fingerprint density at radius 1 is 1.25 bits per heavy atom. The highest BCUT2D eigenvalue weighted by molar-refractivity contribution is 6.30. The number of rotatable bonds is 7. The lowest BCUT2D eigenvalue weighted by molar-refractivity contribution is -0.121. The Kier molecular flexibility index (Phi) is 6.64. The number of nitrogens with one attached hydrogen (secondary N) is 1. The van der Waals surface area contributed by atoms with E-state index in [0.717, 1.165) is 11.1 Å². The molecule has 5 heteroatoms. The lowest BCUT2D eigenvalue weighted by Crippen LogP contribution is -2.34. The molecular weight excluding hydrogens is 326 g/mol. The fraction of sp³-hybridized carbons (Fsp3) is 0.316. The number of benzene rings is 2. The van der Waals surface area contributed by atoms with Crippen LogP contribution in [0.4, 0.5) is 0 Å². The summed E-state index contributed by atoms with van der Waals surface area (Å²) in [6.07, 6.45) is 0.0139. The average molecular weight is 348 g/mol. The number of aliphatic hydroxyl groups excluding tert-OH is 1. The van der Waals surface area contributed by atoms with Crippen LogP contribution in [0.3, 0.4) is 0 Å². The van der Waals surface area contributed by atoms with Crippen LogP contribution in [-0.4, -0.2) is 24.2 Å². The number of aliphatic hydroxyl groups is 1. The molecule has 0 radical (unpaired) electrons. The minimum Gasteiger partial charge on any atom is -0.496 e. The minimum absolute atomic E-state index is 0.136. The van der Waals surface area contributed by atoms with Gasteiger partial charge in [0, 0.05) is 16.6 Å². The van der Waals surface area contributed by atoms with Crippen molar-refractivity contribution in [2.45, 2.75) is 31.9 Å². The zero-order valence-corrected chi connectivity index (χ0v) is 14.6. The Labute approximate surface area is 147 Å². The zero-order valence-electron chi connectivity index (χ0n) is 13.8. The molecule has 0 aliphatic rings. The van der Waals surface area contributed by atoms with Gasteiger partial charge in [-0.1, -0.05) is 41.9 Å². The van der Waals surface area contributed by atoms with Crippen molar-refractivity contribution in [3.05, 3.63) is 64.7 Å². The van der Waals surface area contributed by atoms with Crippen LogP contribution < -0.4 is 10.1 Å². The van der Waals surface area contributed by atoms with Crippen molar-refractivity contribution >= 4 is 17.5 Å². The van der Waals surface area contributed by atoms with Gasteiger partial charge in [0.15, 0.2) is 0 Å². The van der Waals surface area contributed by atoms with Crippen molar-refractivity contribution in [2.24, 2.45) is 0 Å². The molecule has 2 aromatic rings.